The summed E-state index contributed by atoms with van der Waals surface area (Å²) in [6, 6.07) is 3.08. The fraction of sp³-hybridized carbons (Fsp3) is 0.200. The molecule has 0 aliphatic carbocycles. The van der Waals surface area contributed by atoms with Crippen molar-refractivity contribution in [3.63, 3.8) is 0 Å². The molecule has 7 heteroatoms. The average molecular weight is 233 g/mol. The maximum atomic E-state index is 11.6. The van der Waals surface area contributed by atoms with E-state index in [1.54, 1.807) is 6.07 Å². The van der Waals surface area contributed by atoms with Gasteiger partial charge in [0.15, 0.2) is 0 Å². The molecule has 0 saturated heterocycles. The van der Waals surface area contributed by atoms with Gasteiger partial charge in [-0.05, 0) is 12.1 Å². The second-order valence-electron chi connectivity index (χ2n) is 3.35. The summed E-state index contributed by atoms with van der Waals surface area (Å²) in [5.74, 6) is 0.290. The van der Waals surface area contributed by atoms with Crippen molar-refractivity contribution in [2.45, 2.75) is 6.42 Å². The first-order valence-corrected chi connectivity index (χ1v) is 5.07. The van der Waals surface area contributed by atoms with Gasteiger partial charge in [0.05, 0.1) is 0 Å². The third-order valence-corrected chi connectivity index (χ3v) is 2.18. The summed E-state index contributed by atoms with van der Waals surface area (Å²) in [7, 11) is 0. The predicted octanol–water partition coefficient (Wildman–Crippen LogP) is -0.535. The SMILES string of the molecule is O=C(NCCc1ncn[nH]1)c1ccc[nH]c1=O. The number of rotatable bonds is 4. The van der Waals surface area contributed by atoms with Crippen LogP contribution in [0.4, 0.5) is 0 Å². The molecule has 2 rings (SSSR count). The molecular formula is C10H11N5O2. The van der Waals surface area contributed by atoms with Gasteiger partial charge >= 0.3 is 0 Å². The van der Waals surface area contributed by atoms with E-state index in [9.17, 15) is 9.59 Å². The second kappa shape index (κ2) is 5.06. The highest BCUT2D eigenvalue weighted by atomic mass is 16.2. The van der Waals surface area contributed by atoms with Crippen molar-refractivity contribution in [2.24, 2.45) is 0 Å². The molecule has 7 nitrogen and oxygen atoms in total. The van der Waals surface area contributed by atoms with Crippen LogP contribution in [0, 0.1) is 0 Å². The Labute approximate surface area is 96.3 Å². The minimum Gasteiger partial charge on any atom is -0.351 e. The monoisotopic (exact) mass is 233 g/mol. The Bertz CT molecular complexity index is 546. The molecule has 0 aromatic carbocycles. The number of nitrogens with zero attached hydrogens (tertiary/aromatic N) is 2. The smallest absolute Gasteiger partial charge is 0.260 e. The van der Waals surface area contributed by atoms with Crippen LogP contribution in [0.5, 0.6) is 0 Å². The van der Waals surface area contributed by atoms with Gasteiger partial charge in [-0.2, -0.15) is 5.10 Å². The molecule has 0 aliphatic heterocycles. The Kier molecular flexibility index (Phi) is 3.29. The fourth-order valence-electron chi connectivity index (χ4n) is 1.34. The van der Waals surface area contributed by atoms with E-state index in [1.807, 2.05) is 0 Å². The van der Waals surface area contributed by atoms with E-state index < -0.39 is 11.5 Å². The van der Waals surface area contributed by atoms with E-state index in [1.165, 1.54) is 18.6 Å². The van der Waals surface area contributed by atoms with Crippen LogP contribution in [0.2, 0.25) is 0 Å². The van der Waals surface area contributed by atoms with Crippen molar-refractivity contribution >= 4 is 5.91 Å². The van der Waals surface area contributed by atoms with Crippen molar-refractivity contribution in [1.82, 2.24) is 25.5 Å². The number of nitrogens with one attached hydrogen (secondary N) is 3. The van der Waals surface area contributed by atoms with E-state index >= 15 is 0 Å². The number of aromatic nitrogens is 4. The van der Waals surface area contributed by atoms with Crippen LogP contribution in [0.1, 0.15) is 16.2 Å². The number of hydrogen-bond donors (Lipinski definition) is 3. The van der Waals surface area contributed by atoms with Crippen molar-refractivity contribution < 1.29 is 4.79 Å². The topological polar surface area (TPSA) is 104 Å². The average Bonchev–Trinajstić information content (AvgIpc) is 2.82. The highest BCUT2D eigenvalue weighted by Crippen LogP contribution is 1.90. The Balaban J connectivity index is 1.90. The molecule has 88 valence electrons. The number of amides is 1. The van der Waals surface area contributed by atoms with Crippen molar-refractivity contribution in [2.75, 3.05) is 6.54 Å². The lowest BCUT2D eigenvalue weighted by Gasteiger charge is -2.02. The highest BCUT2D eigenvalue weighted by Gasteiger charge is 2.08. The number of H-pyrrole nitrogens is 2. The van der Waals surface area contributed by atoms with Crippen LogP contribution >= 0.6 is 0 Å². The summed E-state index contributed by atoms with van der Waals surface area (Å²) in [4.78, 5) is 29.3. The van der Waals surface area contributed by atoms with E-state index in [4.69, 9.17) is 0 Å². The maximum absolute atomic E-state index is 11.6. The number of hydrogen-bond acceptors (Lipinski definition) is 4. The Hall–Kier alpha value is -2.44. The van der Waals surface area contributed by atoms with E-state index in [2.05, 4.69) is 25.5 Å². The summed E-state index contributed by atoms with van der Waals surface area (Å²) in [5.41, 5.74) is -0.297. The van der Waals surface area contributed by atoms with E-state index in [0.717, 1.165) is 0 Å². The largest absolute Gasteiger partial charge is 0.351 e. The minimum atomic E-state index is -0.398. The zero-order chi connectivity index (χ0) is 12.1. The normalized spacial score (nSPS) is 10.1. The maximum Gasteiger partial charge on any atom is 0.260 e. The third-order valence-electron chi connectivity index (χ3n) is 2.18. The number of aromatic amines is 2. The van der Waals surface area contributed by atoms with Crippen LogP contribution in [-0.2, 0) is 6.42 Å². The summed E-state index contributed by atoms with van der Waals surface area (Å²) in [6.45, 7) is 0.391. The standard InChI is InChI=1S/C10H11N5O2/c16-9-7(2-1-4-11-9)10(17)12-5-3-8-13-6-14-15-8/h1-2,4,6H,3,5H2,(H,11,16)(H,12,17)(H,13,14,15). The van der Waals surface area contributed by atoms with Gasteiger partial charge in [0.2, 0.25) is 0 Å². The molecular weight excluding hydrogens is 222 g/mol. The molecule has 0 bridgehead atoms. The summed E-state index contributed by atoms with van der Waals surface area (Å²) >= 11 is 0. The van der Waals surface area contributed by atoms with Gasteiger partial charge in [-0.1, -0.05) is 0 Å². The van der Waals surface area contributed by atoms with E-state index in [-0.39, 0.29) is 5.56 Å². The molecule has 0 unspecified atom stereocenters. The lowest BCUT2D eigenvalue weighted by atomic mass is 10.2. The van der Waals surface area contributed by atoms with Crippen LogP contribution < -0.4 is 10.9 Å². The van der Waals surface area contributed by atoms with Gasteiger partial charge < -0.3 is 10.3 Å². The van der Waals surface area contributed by atoms with Gasteiger partial charge in [0, 0.05) is 19.2 Å². The lowest BCUT2D eigenvalue weighted by molar-refractivity contribution is 0.0952. The van der Waals surface area contributed by atoms with Crippen molar-refractivity contribution in [3.05, 3.63) is 46.4 Å². The highest BCUT2D eigenvalue weighted by molar-refractivity contribution is 5.93. The Morgan fingerprint density at radius 2 is 2.35 bits per heavy atom. The zero-order valence-electron chi connectivity index (χ0n) is 8.93. The first-order valence-electron chi connectivity index (χ1n) is 5.07. The summed E-state index contributed by atoms with van der Waals surface area (Å²) in [6.07, 6.45) is 3.42. The molecule has 2 heterocycles. The Morgan fingerprint density at radius 1 is 1.47 bits per heavy atom. The van der Waals surface area contributed by atoms with Crippen LogP contribution in [-0.4, -0.2) is 32.6 Å². The Morgan fingerprint density at radius 3 is 3.06 bits per heavy atom. The second-order valence-corrected chi connectivity index (χ2v) is 3.35. The molecule has 0 aliphatic rings. The number of pyridine rings is 1. The van der Waals surface area contributed by atoms with Gasteiger partial charge in [0.1, 0.15) is 17.7 Å². The predicted molar refractivity (Wildman–Crippen MR) is 59.5 cm³/mol. The fourth-order valence-corrected chi connectivity index (χ4v) is 1.34. The molecule has 0 fully saturated rings. The molecule has 0 radical (unpaired) electrons. The molecule has 3 N–H and O–H groups in total. The summed E-state index contributed by atoms with van der Waals surface area (Å²) in [5, 5.41) is 9.00. The van der Waals surface area contributed by atoms with Gasteiger partial charge in [0.25, 0.3) is 11.5 Å². The van der Waals surface area contributed by atoms with Crippen LogP contribution in [0.3, 0.4) is 0 Å². The van der Waals surface area contributed by atoms with Gasteiger partial charge in [-0.15, -0.1) is 0 Å². The van der Waals surface area contributed by atoms with Crippen molar-refractivity contribution in [3.8, 4) is 0 Å². The van der Waals surface area contributed by atoms with Crippen molar-refractivity contribution in [1.29, 1.82) is 0 Å². The molecule has 0 spiro atoms. The molecule has 2 aromatic heterocycles. The molecule has 2 aromatic rings. The molecule has 0 atom stereocenters. The van der Waals surface area contributed by atoms with E-state index in [0.29, 0.717) is 18.8 Å². The van der Waals surface area contributed by atoms with Crippen LogP contribution in [0.15, 0.2) is 29.5 Å². The third kappa shape index (κ3) is 2.77. The zero-order valence-corrected chi connectivity index (χ0v) is 8.93. The lowest BCUT2D eigenvalue weighted by Crippen LogP contribution is -2.30. The quantitative estimate of drug-likeness (QED) is 0.660. The summed E-state index contributed by atoms with van der Waals surface area (Å²) < 4.78 is 0. The number of carbonyl (C=O) groups is 1. The first kappa shape index (κ1) is 11.1. The minimum absolute atomic E-state index is 0.102. The molecule has 0 saturated carbocycles. The number of carbonyl (C=O) groups excluding carboxylic acids is 1. The van der Waals surface area contributed by atoms with Gasteiger partial charge in [-0.3, -0.25) is 14.7 Å². The van der Waals surface area contributed by atoms with Gasteiger partial charge in [-0.25, -0.2) is 4.98 Å². The first-order chi connectivity index (χ1) is 8.27. The van der Waals surface area contributed by atoms with Crippen LogP contribution in [0.25, 0.3) is 0 Å². The molecule has 1 amide bonds. The molecule has 17 heavy (non-hydrogen) atoms.